The van der Waals surface area contributed by atoms with Gasteiger partial charge in [-0.05, 0) is 41.3 Å². The van der Waals surface area contributed by atoms with Crippen molar-refractivity contribution in [2.75, 3.05) is 13.1 Å². The van der Waals surface area contributed by atoms with E-state index >= 15 is 0 Å². The second-order valence-corrected chi connectivity index (χ2v) is 5.88. The molecule has 3 rings (SSSR count). The highest BCUT2D eigenvalue weighted by atomic mass is 32.1. The summed E-state index contributed by atoms with van der Waals surface area (Å²) in [5, 5.41) is 11.2. The van der Waals surface area contributed by atoms with Crippen molar-refractivity contribution in [1.29, 1.82) is 0 Å². The van der Waals surface area contributed by atoms with Crippen molar-refractivity contribution in [2.24, 2.45) is 0 Å². The molecule has 0 aliphatic carbocycles. The van der Waals surface area contributed by atoms with Crippen LogP contribution in [0.2, 0.25) is 0 Å². The quantitative estimate of drug-likeness (QED) is 0.934. The van der Waals surface area contributed by atoms with E-state index in [9.17, 15) is 4.79 Å². The first-order chi connectivity index (χ1) is 9.24. The molecule has 1 N–H and O–H groups in total. The highest BCUT2D eigenvalue weighted by molar-refractivity contribution is 7.07. The number of nitrogens with zero attached hydrogens (tertiary/aromatic N) is 2. The van der Waals surface area contributed by atoms with E-state index in [0.29, 0.717) is 12.3 Å². The molecule has 0 aromatic carbocycles. The van der Waals surface area contributed by atoms with Crippen molar-refractivity contribution in [3.8, 4) is 0 Å². The molecule has 0 bridgehead atoms. The molecule has 19 heavy (non-hydrogen) atoms. The SMILES string of the molecule is Cc1cn[nH]c1[C@H]1CCN(C(=O)Cc2ccsc2)C1. The minimum absolute atomic E-state index is 0.234. The van der Waals surface area contributed by atoms with Gasteiger partial charge in [-0.3, -0.25) is 9.89 Å². The predicted molar refractivity (Wildman–Crippen MR) is 75.3 cm³/mol. The zero-order valence-electron chi connectivity index (χ0n) is 10.9. The first kappa shape index (κ1) is 12.4. The van der Waals surface area contributed by atoms with E-state index in [-0.39, 0.29) is 5.91 Å². The summed E-state index contributed by atoms with van der Waals surface area (Å²) in [5.41, 5.74) is 3.50. The van der Waals surface area contributed by atoms with Gasteiger partial charge < -0.3 is 4.90 Å². The Morgan fingerprint density at radius 2 is 2.53 bits per heavy atom. The third-order valence-corrected chi connectivity index (χ3v) is 4.48. The Kier molecular flexibility index (Phi) is 3.38. The smallest absolute Gasteiger partial charge is 0.227 e. The van der Waals surface area contributed by atoms with Gasteiger partial charge in [-0.1, -0.05) is 0 Å². The van der Waals surface area contributed by atoms with E-state index in [4.69, 9.17) is 0 Å². The maximum atomic E-state index is 12.2. The fourth-order valence-electron chi connectivity index (χ4n) is 2.67. The van der Waals surface area contributed by atoms with Gasteiger partial charge in [0.15, 0.2) is 0 Å². The number of hydrogen-bond donors (Lipinski definition) is 1. The summed E-state index contributed by atoms with van der Waals surface area (Å²) >= 11 is 1.64. The summed E-state index contributed by atoms with van der Waals surface area (Å²) in [4.78, 5) is 14.2. The lowest BCUT2D eigenvalue weighted by molar-refractivity contribution is -0.129. The van der Waals surface area contributed by atoms with Crippen LogP contribution in [0.25, 0.3) is 0 Å². The molecule has 2 aromatic heterocycles. The van der Waals surface area contributed by atoms with Gasteiger partial charge in [-0.2, -0.15) is 16.4 Å². The van der Waals surface area contributed by atoms with Gasteiger partial charge in [0, 0.05) is 24.7 Å². The average Bonchev–Trinajstić information content (AvgIpc) is 3.08. The van der Waals surface area contributed by atoms with E-state index in [0.717, 1.165) is 25.1 Å². The molecule has 1 amide bonds. The summed E-state index contributed by atoms with van der Waals surface area (Å²) in [6.45, 7) is 3.73. The number of nitrogens with one attached hydrogen (secondary N) is 1. The number of carbonyl (C=O) groups excluding carboxylic acids is 1. The summed E-state index contributed by atoms with van der Waals surface area (Å²) in [5.74, 6) is 0.645. The van der Waals surface area contributed by atoms with Gasteiger partial charge in [0.1, 0.15) is 0 Å². The second kappa shape index (κ2) is 5.17. The van der Waals surface area contributed by atoms with Gasteiger partial charge in [-0.15, -0.1) is 0 Å². The van der Waals surface area contributed by atoms with Crippen molar-refractivity contribution >= 4 is 17.2 Å². The summed E-state index contributed by atoms with van der Waals surface area (Å²) in [6.07, 6.45) is 3.40. The predicted octanol–water partition coefficient (Wildman–Crippen LogP) is 2.34. The molecule has 0 saturated carbocycles. The van der Waals surface area contributed by atoms with Gasteiger partial charge in [-0.25, -0.2) is 0 Å². The van der Waals surface area contributed by atoms with Crippen molar-refractivity contribution in [1.82, 2.24) is 15.1 Å². The van der Waals surface area contributed by atoms with Gasteiger partial charge >= 0.3 is 0 Å². The standard InChI is InChI=1S/C14H17N3OS/c1-10-7-15-16-14(10)12-2-4-17(8-12)13(18)6-11-3-5-19-9-11/h3,5,7,9,12H,2,4,6,8H2,1H3,(H,15,16)/t12-/m0/s1. The first-order valence-corrected chi connectivity index (χ1v) is 7.47. The molecule has 4 nitrogen and oxygen atoms in total. The van der Waals surface area contributed by atoms with E-state index in [1.54, 1.807) is 11.3 Å². The van der Waals surface area contributed by atoms with E-state index in [2.05, 4.69) is 17.1 Å². The molecule has 2 aromatic rings. The highest BCUT2D eigenvalue weighted by Crippen LogP contribution is 2.28. The molecule has 0 radical (unpaired) electrons. The summed E-state index contributed by atoms with van der Waals surface area (Å²) in [6, 6.07) is 2.02. The number of aryl methyl sites for hydroxylation is 1. The fraction of sp³-hybridized carbons (Fsp3) is 0.429. The number of aromatic nitrogens is 2. The molecule has 1 fully saturated rings. The fourth-order valence-corrected chi connectivity index (χ4v) is 3.34. The van der Waals surface area contributed by atoms with Crippen LogP contribution in [0.15, 0.2) is 23.0 Å². The molecule has 1 aliphatic heterocycles. The topological polar surface area (TPSA) is 49.0 Å². The molecule has 100 valence electrons. The Morgan fingerprint density at radius 3 is 3.21 bits per heavy atom. The average molecular weight is 275 g/mol. The minimum Gasteiger partial charge on any atom is -0.342 e. The van der Waals surface area contributed by atoms with Crippen LogP contribution in [0.1, 0.15) is 29.2 Å². The molecule has 1 atom stereocenters. The van der Waals surface area contributed by atoms with Crippen LogP contribution in [-0.4, -0.2) is 34.1 Å². The van der Waals surface area contributed by atoms with Gasteiger partial charge in [0.25, 0.3) is 0 Å². The number of rotatable bonds is 3. The Hall–Kier alpha value is -1.62. The van der Waals surface area contributed by atoms with Crippen molar-refractivity contribution < 1.29 is 4.79 Å². The Balaban J connectivity index is 1.63. The molecule has 1 saturated heterocycles. The number of hydrogen-bond acceptors (Lipinski definition) is 3. The normalized spacial score (nSPS) is 19.0. The summed E-state index contributed by atoms with van der Waals surface area (Å²) < 4.78 is 0. The minimum atomic E-state index is 0.234. The van der Waals surface area contributed by atoms with Crippen molar-refractivity contribution in [3.63, 3.8) is 0 Å². The third kappa shape index (κ3) is 2.56. The van der Waals surface area contributed by atoms with Crippen LogP contribution in [0.5, 0.6) is 0 Å². The van der Waals surface area contributed by atoms with Gasteiger partial charge in [0.05, 0.1) is 12.6 Å². The zero-order valence-corrected chi connectivity index (χ0v) is 11.7. The molecule has 0 unspecified atom stereocenters. The number of carbonyl (C=O) groups is 1. The third-order valence-electron chi connectivity index (χ3n) is 3.75. The van der Waals surface area contributed by atoms with Crippen molar-refractivity contribution in [3.05, 3.63) is 39.8 Å². The van der Waals surface area contributed by atoms with Crippen LogP contribution in [0, 0.1) is 6.92 Å². The number of H-pyrrole nitrogens is 1. The molecular formula is C14H17N3OS. The Morgan fingerprint density at radius 1 is 1.63 bits per heavy atom. The number of amides is 1. The molecule has 1 aliphatic rings. The number of aromatic amines is 1. The maximum absolute atomic E-state index is 12.2. The number of likely N-dealkylation sites (tertiary alicyclic amines) is 1. The van der Waals surface area contributed by atoms with Crippen LogP contribution >= 0.6 is 11.3 Å². The van der Waals surface area contributed by atoms with E-state index in [1.165, 1.54) is 11.3 Å². The lowest BCUT2D eigenvalue weighted by Crippen LogP contribution is -2.29. The second-order valence-electron chi connectivity index (χ2n) is 5.10. The van der Waals surface area contributed by atoms with Crippen LogP contribution in [0.4, 0.5) is 0 Å². The highest BCUT2D eigenvalue weighted by Gasteiger charge is 2.28. The van der Waals surface area contributed by atoms with Crippen LogP contribution < -0.4 is 0 Å². The maximum Gasteiger partial charge on any atom is 0.227 e. The van der Waals surface area contributed by atoms with Crippen LogP contribution in [0.3, 0.4) is 0 Å². The lowest BCUT2D eigenvalue weighted by Gasteiger charge is -2.16. The molecule has 3 heterocycles. The molecular weight excluding hydrogens is 258 g/mol. The van der Waals surface area contributed by atoms with E-state index in [1.807, 2.05) is 27.9 Å². The molecule has 5 heteroatoms. The Bertz CT molecular complexity index is 561. The monoisotopic (exact) mass is 275 g/mol. The molecule has 0 spiro atoms. The lowest BCUT2D eigenvalue weighted by atomic mass is 10.0. The first-order valence-electron chi connectivity index (χ1n) is 6.53. The van der Waals surface area contributed by atoms with Crippen LogP contribution in [-0.2, 0) is 11.2 Å². The largest absolute Gasteiger partial charge is 0.342 e. The number of thiophene rings is 1. The van der Waals surface area contributed by atoms with Crippen molar-refractivity contribution in [2.45, 2.75) is 25.7 Å². The zero-order chi connectivity index (χ0) is 13.2. The summed E-state index contributed by atoms with van der Waals surface area (Å²) in [7, 11) is 0. The Labute approximate surface area is 116 Å². The van der Waals surface area contributed by atoms with E-state index < -0.39 is 0 Å². The van der Waals surface area contributed by atoms with Gasteiger partial charge in [0.2, 0.25) is 5.91 Å².